The van der Waals surface area contributed by atoms with Crippen LogP contribution < -0.4 is 0 Å². The Morgan fingerprint density at radius 2 is 2.00 bits per heavy atom. The second kappa shape index (κ2) is 4.95. The van der Waals surface area contributed by atoms with E-state index < -0.39 is 5.97 Å². The Kier molecular flexibility index (Phi) is 2.90. The van der Waals surface area contributed by atoms with Gasteiger partial charge >= 0.3 is 11.9 Å². The lowest BCUT2D eigenvalue weighted by molar-refractivity contribution is -0.136. The molecule has 0 saturated carbocycles. The molecule has 0 unspecified atom stereocenters. The van der Waals surface area contributed by atoms with E-state index in [1.165, 1.54) is 0 Å². The molecular weight excluding hydrogens is 298 g/mol. The third kappa shape index (κ3) is 2.24. The fourth-order valence-corrected chi connectivity index (χ4v) is 2.53. The summed E-state index contributed by atoms with van der Waals surface area (Å²) in [5.41, 5.74) is 3.15. The second-order valence-electron chi connectivity index (χ2n) is 5.26. The number of furan rings is 1. The first-order valence-corrected chi connectivity index (χ1v) is 7.00. The van der Waals surface area contributed by atoms with Gasteiger partial charge < -0.3 is 14.0 Å². The maximum absolute atomic E-state index is 11.5. The molecule has 114 valence electrons. The first-order valence-electron chi connectivity index (χ1n) is 7.00. The summed E-state index contributed by atoms with van der Waals surface area (Å²) in [6, 6.07) is 8.96. The Hall–Kier alpha value is -3.15. The second-order valence-corrected chi connectivity index (χ2v) is 5.26. The Balaban J connectivity index is 1.67. The number of nitrogens with zero attached hydrogens (tertiary/aromatic N) is 1. The van der Waals surface area contributed by atoms with Gasteiger partial charge in [0.1, 0.15) is 18.1 Å². The van der Waals surface area contributed by atoms with Gasteiger partial charge in [0.05, 0.1) is 16.8 Å². The van der Waals surface area contributed by atoms with Gasteiger partial charge in [0.15, 0.2) is 0 Å². The summed E-state index contributed by atoms with van der Waals surface area (Å²) in [6.07, 6.45) is 1.59. The maximum atomic E-state index is 11.5. The zero-order chi connectivity index (χ0) is 16.0. The van der Waals surface area contributed by atoms with E-state index in [1.807, 2.05) is 6.07 Å². The van der Waals surface area contributed by atoms with Gasteiger partial charge in [0.2, 0.25) is 0 Å². The molecule has 0 N–H and O–H groups in total. The summed E-state index contributed by atoms with van der Waals surface area (Å²) < 4.78 is 10.7. The molecule has 3 heterocycles. The first kappa shape index (κ1) is 13.5. The van der Waals surface area contributed by atoms with Crippen LogP contribution in [-0.2, 0) is 21.0 Å². The molecule has 2 aromatic rings. The first-order chi connectivity index (χ1) is 11.1. The lowest BCUT2D eigenvalue weighted by Crippen LogP contribution is -2.01. The lowest BCUT2D eigenvalue weighted by atomic mass is 10.0. The molecule has 6 heteroatoms. The van der Waals surface area contributed by atoms with Crippen molar-refractivity contribution in [1.29, 1.82) is 0 Å². The topological polar surface area (TPSA) is 78.1 Å². The van der Waals surface area contributed by atoms with Gasteiger partial charge in [-0.2, -0.15) is 0 Å². The monoisotopic (exact) mass is 309 g/mol. The fraction of sp³-hybridized carbons (Fsp3) is 0.118. The molecule has 0 atom stereocenters. The zero-order valence-electron chi connectivity index (χ0n) is 12.2. The van der Waals surface area contributed by atoms with Crippen LogP contribution in [0, 0.1) is 0 Å². The number of fused-ring (bicyclic) bond motifs is 1. The highest BCUT2D eigenvalue weighted by atomic mass is 16.7. The number of carbonyl (C=O) groups is 2. The number of hydrogen-bond acceptors (Lipinski definition) is 6. The number of ether oxygens (including phenoxy) is 1. The number of rotatable bonds is 2. The summed E-state index contributed by atoms with van der Waals surface area (Å²) >= 11 is 0. The molecule has 0 aliphatic carbocycles. The van der Waals surface area contributed by atoms with Crippen molar-refractivity contribution in [1.82, 2.24) is 0 Å². The van der Waals surface area contributed by atoms with Crippen molar-refractivity contribution in [2.24, 2.45) is 5.16 Å². The Morgan fingerprint density at radius 3 is 2.78 bits per heavy atom. The van der Waals surface area contributed by atoms with Crippen LogP contribution in [0.5, 0.6) is 0 Å². The summed E-state index contributed by atoms with van der Waals surface area (Å²) in [4.78, 5) is 27.6. The largest absolute Gasteiger partial charge is 0.457 e. The molecule has 0 saturated heterocycles. The maximum Gasteiger partial charge on any atom is 0.367 e. The van der Waals surface area contributed by atoms with Gasteiger partial charge in [0, 0.05) is 11.1 Å². The molecule has 2 aliphatic heterocycles. The average Bonchev–Trinajstić information content (AvgIpc) is 3.24. The van der Waals surface area contributed by atoms with Crippen LogP contribution in [0.25, 0.3) is 17.4 Å². The highest BCUT2D eigenvalue weighted by Crippen LogP contribution is 2.29. The van der Waals surface area contributed by atoms with Crippen molar-refractivity contribution in [2.45, 2.75) is 13.5 Å². The summed E-state index contributed by atoms with van der Waals surface area (Å²) in [6.45, 7) is 1.97. The van der Waals surface area contributed by atoms with E-state index in [1.54, 1.807) is 37.3 Å². The van der Waals surface area contributed by atoms with Crippen LogP contribution in [0.4, 0.5) is 0 Å². The highest BCUT2D eigenvalue weighted by molar-refractivity contribution is 6.24. The number of esters is 1. The summed E-state index contributed by atoms with van der Waals surface area (Å²) in [5, 5.41) is 3.62. The van der Waals surface area contributed by atoms with Crippen molar-refractivity contribution < 1.29 is 23.6 Å². The third-order valence-corrected chi connectivity index (χ3v) is 3.76. The van der Waals surface area contributed by atoms with Crippen LogP contribution in [0.2, 0.25) is 0 Å². The van der Waals surface area contributed by atoms with Gasteiger partial charge in [-0.25, -0.2) is 9.59 Å². The summed E-state index contributed by atoms with van der Waals surface area (Å²) in [7, 11) is 0. The Labute approximate surface area is 131 Å². The Morgan fingerprint density at radius 1 is 1.13 bits per heavy atom. The van der Waals surface area contributed by atoms with E-state index in [4.69, 9.17) is 9.15 Å². The molecule has 0 bridgehead atoms. The van der Waals surface area contributed by atoms with Crippen LogP contribution in [0.3, 0.4) is 0 Å². The predicted octanol–water partition coefficient (Wildman–Crippen LogP) is 2.93. The minimum absolute atomic E-state index is 0.279. The highest BCUT2D eigenvalue weighted by Gasteiger charge is 2.23. The number of oxime groups is 1. The molecule has 1 aromatic carbocycles. The van der Waals surface area contributed by atoms with Gasteiger partial charge in [0.25, 0.3) is 0 Å². The van der Waals surface area contributed by atoms with Gasteiger partial charge in [-0.15, -0.1) is 0 Å². The average molecular weight is 309 g/mol. The van der Waals surface area contributed by atoms with E-state index >= 15 is 0 Å². The molecule has 0 amide bonds. The van der Waals surface area contributed by atoms with Crippen LogP contribution in [-0.4, -0.2) is 17.7 Å². The van der Waals surface area contributed by atoms with Crippen LogP contribution >= 0.6 is 0 Å². The molecule has 0 fully saturated rings. The minimum atomic E-state index is -0.492. The van der Waals surface area contributed by atoms with E-state index in [-0.39, 0.29) is 12.6 Å². The van der Waals surface area contributed by atoms with Crippen molar-refractivity contribution in [2.75, 3.05) is 0 Å². The smallest absolute Gasteiger partial charge is 0.367 e. The molecular formula is C17H11NO5. The number of cyclic esters (lactones) is 1. The molecule has 0 radical (unpaired) electrons. The quantitative estimate of drug-likeness (QED) is 0.484. The summed E-state index contributed by atoms with van der Waals surface area (Å²) in [5.74, 6) is 0.371. The van der Waals surface area contributed by atoms with Crippen molar-refractivity contribution >= 4 is 23.7 Å². The number of carbonyl (C=O) groups excluding carboxylic acids is 2. The van der Waals surface area contributed by atoms with E-state index in [0.717, 1.165) is 11.1 Å². The molecule has 4 rings (SSSR count). The fourth-order valence-electron chi connectivity index (χ4n) is 2.53. The predicted molar refractivity (Wildman–Crippen MR) is 80.4 cm³/mol. The third-order valence-electron chi connectivity index (χ3n) is 3.76. The molecule has 6 nitrogen and oxygen atoms in total. The standard InChI is InChI=1S/C17H11NO5/c1-9-14(17(20)23-18-9)7-12-3-5-15(22-12)10-2-4-13-11(6-10)8-21-16(13)19/h2-7H,8H2,1H3. The molecule has 0 spiro atoms. The number of benzene rings is 1. The Bertz CT molecular complexity index is 903. The van der Waals surface area contributed by atoms with Gasteiger partial charge in [-0.1, -0.05) is 11.2 Å². The lowest BCUT2D eigenvalue weighted by Gasteiger charge is -1.99. The van der Waals surface area contributed by atoms with Crippen molar-refractivity contribution in [3.63, 3.8) is 0 Å². The molecule has 1 aromatic heterocycles. The minimum Gasteiger partial charge on any atom is -0.457 e. The van der Waals surface area contributed by atoms with Crippen LogP contribution in [0.15, 0.2) is 45.5 Å². The molecule has 2 aliphatic rings. The van der Waals surface area contributed by atoms with E-state index in [0.29, 0.717) is 28.4 Å². The van der Waals surface area contributed by atoms with Crippen LogP contribution in [0.1, 0.15) is 28.6 Å². The van der Waals surface area contributed by atoms with E-state index in [2.05, 4.69) is 9.99 Å². The molecule has 23 heavy (non-hydrogen) atoms. The normalized spacial score (nSPS) is 18.0. The van der Waals surface area contributed by atoms with Gasteiger partial charge in [-0.3, -0.25) is 0 Å². The van der Waals surface area contributed by atoms with Crippen molar-refractivity contribution in [3.05, 3.63) is 52.8 Å². The van der Waals surface area contributed by atoms with Gasteiger partial charge in [-0.05, 0) is 37.3 Å². The van der Waals surface area contributed by atoms with Crippen molar-refractivity contribution in [3.8, 4) is 11.3 Å². The number of hydrogen-bond donors (Lipinski definition) is 0. The SMILES string of the molecule is CC1=NOC(=O)C1=Cc1ccc(-c2ccc3c(c2)COC3=O)o1. The van der Waals surface area contributed by atoms with E-state index in [9.17, 15) is 9.59 Å². The zero-order valence-corrected chi connectivity index (χ0v) is 12.2.